The van der Waals surface area contributed by atoms with Crippen LogP contribution < -0.4 is 9.47 Å². The van der Waals surface area contributed by atoms with Gasteiger partial charge in [0.05, 0.1) is 28.1 Å². The monoisotopic (exact) mass is 482 g/mol. The lowest BCUT2D eigenvalue weighted by Gasteiger charge is -2.14. The maximum atomic E-state index is 13.4. The van der Waals surface area contributed by atoms with E-state index in [0.29, 0.717) is 32.7 Å². The fraction of sp³-hybridized carbons (Fsp3) is 0.0870. The summed E-state index contributed by atoms with van der Waals surface area (Å²) in [4.78, 5) is 10.5. The van der Waals surface area contributed by atoms with Gasteiger partial charge in [0.2, 0.25) is 0 Å². The summed E-state index contributed by atoms with van der Waals surface area (Å²) >= 11 is 3.45. The van der Waals surface area contributed by atoms with E-state index >= 15 is 0 Å². The van der Waals surface area contributed by atoms with Crippen LogP contribution in [0.5, 0.6) is 11.5 Å². The molecule has 0 fully saturated rings. The van der Waals surface area contributed by atoms with Crippen LogP contribution in [0.4, 0.5) is 10.1 Å². The van der Waals surface area contributed by atoms with E-state index in [-0.39, 0.29) is 23.7 Å². The van der Waals surface area contributed by atoms with Gasteiger partial charge >= 0.3 is 0 Å². The van der Waals surface area contributed by atoms with Gasteiger partial charge in [-0.15, -0.1) is 0 Å². The molecule has 0 amide bonds. The molecule has 0 saturated heterocycles. The van der Waals surface area contributed by atoms with Gasteiger partial charge in [-0.1, -0.05) is 24.3 Å². The minimum Gasteiger partial charge on any atom is -0.493 e. The maximum absolute atomic E-state index is 13.4. The third-order valence-corrected chi connectivity index (χ3v) is 4.91. The van der Waals surface area contributed by atoms with Crippen LogP contribution in [-0.2, 0) is 6.61 Å². The highest BCUT2D eigenvalue weighted by molar-refractivity contribution is 9.10. The van der Waals surface area contributed by atoms with Crippen LogP contribution in [0.25, 0.3) is 11.6 Å². The van der Waals surface area contributed by atoms with Crippen molar-refractivity contribution in [2.45, 2.75) is 6.61 Å². The number of nitro benzene ring substituents is 1. The van der Waals surface area contributed by atoms with Crippen LogP contribution in [0, 0.1) is 27.3 Å². The van der Waals surface area contributed by atoms with Crippen molar-refractivity contribution in [2.24, 2.45) is 0 Å². The molecule has 0 aliphatic carbocycles. The molecule has 3 aromatic carbocycles. The highest BCUT2D eigenvalue weighted by Crippen LogP contribution is 2.38. The van der Waals surface area contributed by atoms with Crippen molar-refractivity contribution in [3.05, 3.63) is 97.8 Å². The number of hydrogen-bond acceptors (Lipinski definition) is 5. The first kappa shape index (κ1) is 22.0. The molecule has 8 heteroatoms. The summed E-state index contributed by atoms with van der Waals surface area (Å²) in [5.74, 6) is 0.490. The molecule has 0 radical (unpaired) electrons. The quantitative estimate of drug-likeness (QED) is 0.174. The van der Waals surface area contributed by atoms with Gasteiger partial charge in [-0.3, -0.25) is 10.1 Å². The Hall–Kier alpha value is -3.70. The highest BCUT2D eigenvalue weighted by Gasteiger charge is 2.14. The summed E-state index contributed by atoms with van der Waals surface area (Å²) in [5, 5.41) is 20.6. The molecule has 0 unspecified atom stereocenters. The molecule has 0 heterocycles. The SMILES string of the molecule is COc1cc(C=C(C#N)c2cccc([N+](=O)[O-])c2)cc(Br)c1OCc1cccc(F)c1. The number of nitriles is 1. The second kappa shape index (κ2) is 9.87. The van der Waals surface area contributed by atoms with Crippen LogP contribution >= 0.6 is 15.9 Å². The number of methoxy groups -OCH3 is 1. The lowest BCUT2D eigenvalue weighted by Crippen LogP contribution is -1.99. The Kier molecular flexibility index (Phi) is 7.00. The Morgan fingerprint density at radius 1 is 1.23 bits per heavy atom. The summed E-state index contributed by atoms with van der Waals surface area (Å²) in [7, 11) is 1.48. The molecular formula is C23H16BrFN2O4. The summed E-state index contributed by atoms with van der Waals surface area (Å²) in [6.07, 6.45) is 1.60. The number of nitro groups is 1. The van der Waals surface area contributed by atoms with Crippen molar-refractivity contribution in [1.82, 2.24) is 0 Å². The first-order valence-corrected chi connectivity index (χ1v) is 9.82. The van der Waals surface area contributed by atoms with E-state index in [4.69, 9.17) is 9.47 Å². The molecule has 3 aromatic rings. The second-order valence-electron chi connectivity index (χ2n) is 6.43. The van der Waals surface area contributed by atoms with Crippen LogP contribution in [0.1, 0.15) is 16.7 Å². The molecule has 0 aliphatic heterocycles. The van der Waals surface area contributed by atoms with Crippen molar-refractivity contribution in [3.8, 4) is 17.6 Å². The summed E-state index contributed by atoms with van der Waals surface area (Å²) in [6, 6.07) is 17.4. The molecule has 0 spiro atoms. The number of non-ortho nitro benzene ring substituents is 1. The fourth-order valence-electron chi connectivity index (χ4n) is 2.88. The predicted molar refractivity (Wildman–Crippen MR) is 118 cm³/mol. The van der Waals surface area contributed by atoms with Crippen molar-refractivity contribution in [2.75, 3.05) is 7.11 Å². The Balaban J connectivity index is 1.91. The smallest absolute Gasteiger partial charge is 0.270 e. The number of nitrogens with zero attached hydrogens (tertiary/aromatic N) is 2. The number of ether oxygens (including phenoxy) is 2. The minimum absolute atomic E-state index is 0.0986. The molecule has 0 N–H and O–H groups in total. The van der Waals surface area contributed by atoms with Gasteiger partial charge in [-0.05, 0) is 63.0 Å². The standard InChI is InChI=1S/C23H16BrFN2O4/c1-30-22-11-16(8-18(13-26)17-5-3-7-20(12-17)27(28)29)10-21(24)23(22)31-14-15-4-2-6-19(25)9-15/h2-12H,14H2,1H3. The van der Waals surface area contributed by atoms with Crippen LogP contribution in [-0.4, -0.2) is 12.0 Å². The van der Waals surface area contributed by atoms with Gasteiger partial charge in [-0.2, -0.15) is 5.26 Å². The lowest BCUT2D eigenvalue weighted by molar-refractivity contribution is -0.384. The first-order chi connectivity index (χ1) is 14.9. The third-order valence-electron chi connectivity index (χ3n) is 4.32. The highest BCUT2D eigenvalue weighted by atomic mass is 79.9. The molecule has 0 bridgehead atoms. The number of halogens is 2. The van der Waals surface area contributed by atoms with E-state index in [1.165, 1.54) is 37.4 Å². The molecule has 156 valence electrons. The normalized spacial score (nSPS) is 11.0. The van der Waals surface area contributed by atoms with Gasteiger partial charge < -0.3 is 9.47 Å². The van der Waals surface area contributed by atoms with Gasteiger partial charge in [0, 0.05) is 12.1 Å². The van der Waals surface area contributed by atoms with E-state index < -0.39 is 4.92 Å². The Labute approximate surface area is 186 Å². The molecule has 6 nitrogen and oxygen atoms in total. The van der Waals surface area contributed by atoms with Crippen molar-refractivity contribution in [1.29, 1.82) is 5.26 Å². The van der Waals surface area contributed by atoms with Crippen LogP contribution in [0.15, 0.2) is 65.1 Å². The first-order valence-electron chi connectivity index (χ1n) is 9.02. The molecule has 3 rings (SSSR count). The van der Waals surface area contributed by atoms with Crippen LogP contribution in [0.3, 0.4) is 0 Å². The fourth-order valence-corrected chi connectivity index (χ4v) is 3.45. The van der Waals surface area contributed by atoms with Crippen molar-refractivity contribution >= 4 is 33.3 Å². The minimum atomic E-state index is -0.511. The summed E-state index contributed by atoms with van der Waals surface area (Å²) < 4.78 is 25.2. The number of rotatable bonds is 7. The maximum Gasteiger partial charge on any atom is 0.270 e. The van der Waals surface area contributed by atoms with Gasteiger partial charge in [0.25, 0.3) is 5.69 Å². The zero-order valence-electron chi connectivity index (χ0n) is 16.3. The predicted octanol–water partition coefficient (Wildman–Crippen LogP) is 6.15. The number of benzene rings is 3. The Morgan fingerprint density at radius 3 is 2.68 bits per heavy atom. The molecule has 0 aromatic heterocycles. The largest absolute Gasteiger partial charge is 0.493 e. The van der Waals surface area contributed by atoms with Crippen molar-refractivity contribution < 1.29 is 18.8 Å². The van der Waals surface area contributed by atoms with E-state index in [0.717, 1.165) is 0 Å². The van der Waals surface area contributed by atoms with Crippen LogP contribution in [0.2, 0.25) is 0 Å². The molecule has 0 saturated carbocycles. The van der Waals surface area contributed by atoms with E-state index in [9.17, 15) is 19.8 Å². The average molecular weight is 483 g/mol. The Morgan fingerprint density at radius 2 is 2.00 bits per heavy atom. The molecular weight excluding hydrogens is 467 g/mol. The zero-order chi connectivity index (χ0) is 22.4. The van der Waals surface area contributed by atoms with E-state index in [1.807, 2.05) is 0 Å². The summed E-state index contributed by atoms with van der Waals surface area (Å²) in [5.41, 5.74) is 1.88. The number of allylic oxidation sites excluding steroid dienone is 1. The third kappa shape index (κ3) is 5.47. The average Bonchev–Trinajstić information content (AvgIpc) is 2.76. The van der Waals surface area contributed by atoms with Gasteiger partial charge in [0.15, 0.2) is 11.5 Å². The van der Waals surface area contributed by atoms with Gasteiger partial charge in [0.1, 0.15) is 12.4 Å². The van der Waals surface area contributed by atoms with Gasteiger partial charge in [-0.25, -0.2) is 4.39 Å². The molecule has 0 atom stereocenters. The summed E-state index contributed by atoms with van der Waals surface area (Å²) in [6.45, 7) is 0.138. The molecule has 0 aliphatic rings. The lowest BCUT2D eigenvalue weighted by atomic mass is 10.0. The topological polar surface area (TPSA) is 85.4 Å². The molecule has 31 heavy (non-hydrogen) atoms. The Bertz CT molecular complexity index is 1200. The number of hydrogen-bond donors (Lipinski definition) is 0. The van der Waals surface area contributed by atoms with E-state index in [1.54, 1.807) is 36.4 Å². The zero-order valence-corrected chi connectivity index (χ0v) is 17.9. The van der Waals surface area contributed by atoms with Crippen molar-refractivity contribution in [3.63, 3.8) is 0 Å². The van der Waals surface area contributed by atoms with E-state index in [2.05, 4.69) is 22.0 Å². The second-order valence-corrected chi connectivity index (χ2v) is 7.28.